The van der Waals surface area contributed by atoms with Gasteiger partial charge >= 0.3 is 0 Å². The minimum Gasteiger partial charge on any atom is -0.303 e. The zero-order chi connectivity index (χ0) is 10.5. The Kier molecular flexibility index (Phi) is 3.29. The van der Waals surface area contributed by atoms with Crippen molar-refractivity contribution in [3.05, 3.63) is 30.1 Å². The topological polar surface area (TPSA) is 31.7 Å². The molecule has 0 saturated carbocycles. The third-order valence-corrected chi connectivity index (χ3v) is 2.53. The number of aromatic nitrogens is 1. The van der Waals surface area contributed by atoms with Gasteiger partial charge in [-0.2, -0.15) is 5.10 Å². The van der Waals surface area contributed by atoms with E-state index in [1.807, 2.05) is 24.5 Å². The zero-order valence-electron chi connectivity index (χ0n) is 9.00. The molecule has 0 atom stereocenters. The van der Waals surface area contributed by atoms with Crippen LogP contribution in [0.15, 0.2) is 29.6 Å². The van der Waals surface area contributed by atoms with Crippen molar-refractivity contribution in [2.24, 2.45) is 5.10 Å². The molecule has 1 aromatic rings. The fraction of sp³-hybridized carbons (Fsp3) is 0.455. The summed E-state index contributed by atoms with van der Waals surface area (Å²) < 4.78 is 0. The van der Waals surface area contributed by atoms with Gasteiger partial charge in [0.25, 0.3) is 0 Å². The number of pyridine rings is 1. The Labute approximate surface area is 90.2 Å². The molecule has 1 fully saturated rings. The van der Waals surface area contributed by atoms with Crippen LogP contribution in [0.5, 0.6) is 0 Å². The number of hydrogen-bond donors (Lipinski definition) is 0. The maximum absolute atomic E-state index is 4.43. The molecule has 0 bridgehead atoms. The molecule has 2 rings (SSSR count). The van der Waals surface area contributed by atoms with Crippen LogP contribution in [0, 0.1) is 0 Å². The average Bonchev–Trinajstić information content (AvgIpc) is 2.30. The van der Waals surface area contributed by atoms with Gasteiger partial charge in [0, 0.05) is 44.1 Å². The Morgan fingerprint density at radius 3 is 2.80 bits per heavy atom. The number of hydrazone groups is 1. The lowest BCUT2D eigenvalue weighted by Crippen LogP contribution is -2.41. The lowest BCUT2D eigenvalue weighted by Gasteiger charge is -2.30. The van der Waals surface area contributed by atoms with E-state index >= 15 is 0 Å². The first-order valence-electron chi connectivity index (χ1n) is 5.22. The van der Waals surface area contributed by atoms with E-state index in [1.165, 1.54) is 0 Å². The van der Waals surface area contributed by atoms with Crippen molar-refractivity contribution >= 4 is 6.21 Å². The molecule has 1 aromatic heterocycles. The fourth-order valence-electron chi connectivity index (χ4n) is 1.51. The van der Waals surface area contributed by atoms with Crippen molar-refractivity contribution in [1.29, 1.82) is 0 Å². The van der Waals surface area contributed by atoms with E-state index < -0.39 is 0 Å². The molecule has 2 heterocycles. The van der Waals surface area contributed by atoms with Gasteiger partial charge in [0.1, 0.15) is 0 Å². The Morgan fingerprint density at radius 2 is 2.13 bits per heavy atom. The van der Waals surface area contributed by atoms with Gasteiger partial charge in [-0.25, -0.2) is 0 Å². The quantitative estimate of drug-likeness (QED) is 0.663. The van der Waals surface area contributed by atoms with Crippen LogP contribution >= 0.6 is 0 Å². The summed E-state index contributed by atoms with van der Waals surface area (Å²) in [5, 5.41) is 6.53. The normalized spacial score (nSPS) is 18.6. The van der Waals surface area contributed by atoms with E-state index in [0.29, 0.717) is 0 Å². The molecule has 0 unspecified atom stereocenters. The third kappa shape index (κ3) is 3.02. The van der Waals surface area contributed by atoms with Crippen LogP contribution in [0.3, 0.4) is 0 Å². The first-order valence-corrected chi connectivity index (χ1v) is 5.22. The van der Waals surface area contributed by atoms with Crippen LogP contribution in [0.25, 0.3) is 0 Å². The highest BCUT2D eigenvalue weighted by Crippen LogP contribution is 2.00. The number of hydrogen-bond acceptors (Lipinski definition) is 4. The van der Waals surface area contributed by atoms with Gasteiger partial charge in [0.15, 0.2) is 0 Å². The number of piperazine rings is 1. The molecule has 4 nitrogen and oxygen atoms in total. The zero-order valence-corrected chi connectivity index (χ0v) is 9.00. The van der Waals surface area contributed by atoms with Crippen LogP contribution in [0.4, 0.5) is 0 Å². The van der Waals surface area contributed by atoms with Crippen LogP contribution in [-0.2, 0) is 0 Å². The minimum atomic E-state index is 1.01. The maximum Gasteiger partial charge on any atom is 0.0558 e. The fourth-order valence-corrected chi connectivity index (χ4v) is 1.51. The standard InChI is InChI=1S/C11H16N4/c1-14-5-7-15(8-6-14)13-10-11-3-2-4-12-9-11/h2-4,9-10H,5-8H2,1H3. The smallest absolute Gasteiger partial charge is 0.0558 e. The lowest BCUT2D eigenvalue weighted by molar-refractivity contribution is 0.159. The Morgan fingerprint density at radius 1 is 1.33 bits per heavy atom. The van der Waals surface area contributed by atoms with E-state index in [2.05, 4.69) is 27.0 Å². The highest BCUT2D eigenvalue weighted by Gasteiger charge is 2.10. The largest absolute Gasteiger partial charge is 0.303 e. The molecule has 1 aliphatic heterocycles. The summed E-state index contributed by atoms with van der Waals surface area (Å²) >= 11 is 0. The predicted molar refractivity (Wildman–Crippen MR) is 60.9 cm³/mol. The van der Waals surface area contributed by atoms with Crippen LogP contribution < -0.4 is 0 Å². The van der Waals surface area contributed by atoms with Crippen molar-refractivity contribution in [2.75, 3.05) is 33.2 Å². The van der Waals surface area contributed by atoms with Gasteiger partial charge in [-0.3, -0.25) is 9.99 Å². The van der Waals surface area contributed by atoms with Gasteiger partial charge in [-0.15, -0.1) is 0 Å². The van der Waals surface area contributed by atoms with Gasteiger partial charge in [-0.05, 0) is 13.1 Å². The van der Waals surface area contributed by atoms with Gasteiger partial charge in [0.05, 0.1) is 6.21 Å². The molecule has 0 N–H and O–H groups in total. The molecule has 1 aliphatic rings. The van der Waals surface area contributed by atoms with E-state index in [9.17, 15) is 0 Å². The third-order valence-electron chi connectivity index (χ3n) is 2.53. The summed E-state index contributed by atoms with van der Waals surface area (Å²) in [5.41, 5.74) is 1.05. The molecule has 0 aromatic carbocycles. The molecule has 80 valence electrons. The van der Waals surface area contributed by atoms with Crippen molar-refractivity contribution in [1.82, 2.24) is 14.9 Å². The highest BCUT2D eigenvalue weighted by atomic mass is 15.5. The second kappa shape index (κ2) is 4.89. The molecular formula is C11H16N4. The van der Waals surface area contributed by atoms with Gasteiger partial charge in [-0.1, -0.05) is 6.07 Å². The van der Waals surface area contributed by atoms with Crippen LogP contribution in [0.1, 0.15) is 5.56 Å². The molecule has 4 heteroatoms. The number of rotatable bonds is 2. The average molecular weight is 204 g/mol. The molecule has 0 aliphatic carbocycles. The van der Waals surface area contributed by atoms with Gasteiger partial charge in [0.2, 0.25) is 0 Å². The predicted octanol–water partition coefficient (Wildman–Crippen LogP) is 0.663. The van der Waals surface area contributed by atoms with E-state index in [0.717, 1.165) is 31.7 Å². The molecule has 0 radical (unpaired) electrons. The van der Waals surface area contributed by atoms with E-state index in [1.54, 1.807) is 6.20 Å². The lowest BCUT2D eigenvalue weighted by atomic mass is 10.3. The molecule has 1 saturated heterocycles. The highest BCUT2D eigenvalue weighted by molar-refractivity contribution is 5.78. The summed E-state index contributed by atoms with van der Waals surface area (Å²) in [6.45, 7) is 4.19. The summed E-state index contributed by atoms with van der Waals surface area (Å²) in [5.74, 6) is 0. The van der Waals surface area contributed by atoms with Crippen LogP contribution in [0.2, 0.25) is 0 Å². The summed E-state index contributed by atoms with van der Waals surface area (Å²) in [4.78, 5) is 6.36. The Hall–Kier alpha value is -1.42. The van der Waals surface area contributed by atoms with Crippen LogP contribution in [-0.4, -0.2) is 54.3 Å². The summed E-state index contributed by atoms with van der Waals surface area (Å²) in [6, 6.07) is 3.93. The number of nitrogens with zero attached hydrogens (tertiary/aromatic N) is 4. The summed E-state index contributed by atoms with van der Waals surface area (Å²) in [6.07, 6.45) is 5.46. The van der Waals surface area contributed by atoms with Crippen molar-refractivity contribution in [3.8, 4) is 0 Å². The van der Waals surface area contributed by atoms with E-state index in [-0.39, 0.29) is 0 Å². The molecular weight excluding hydrogens is 188 g/mol. The minimum absolute atomic E-state index is 1.01. The Bertz CT molecular complexity index is 315. The molecule has 15 heavy (non-hydrogen) atoms. The van der Waals surface area contributed by atoms with E-state index in [4.69, 9.17) is 0 Å². The molecule has 0 spiro atoms. The van der Waals surface area contributed by atoms with Crippen molar-refractivity contribution < 1.29 is 0 Å². The second-order valence-corrected chi connectivity index (χ2v) is 3.79. The second-order valence-electron chi connectivity index (χ2n) is 3.79. The SMILES string of the molecule is CN1CCN(N=Cc2cccnc2)CC1. The van der Waals surface area contributed by atoms with Gasteiger partial charge < -0.3 is 4.90 Å². The van der Waals surface area contributed by atoms with Crippen molar-refractivity contribution in [3.63, 3.8) is 0 Å². The number of likely N-dealkylation sites (N-methyl/N-ethyl adjacent to an activating group) is 1. The maximum atomic E-state index is 4.43. The van der Waals surface area contributed by atoms with Crippen molar-refractivity contribution in [2.45, 2.75) is 0 Å². The monoisotopic (exact) mass is 204 g/mol. The first-order chi connectivity index (χ1) is 7.34. The molecule has 0 amide bonds. The Balaban J connectivity index is 1.89. The summed E-state index contributed by atoms with van der Waals surface area (Å²) in [7, 11) is 2.14. The first kappa shape index (κ1) is 10.1.